The summed E-state index contributed by atoms with van der Waals surface area (Å²) in [7, 11) is 0. The van der Waals surface area contributed by atoms with Gasteiger partial charge in [0, 0.05) is 44.0 Å². The fraction of sp³-hybridized carbons (Fsp3) is 0.467. The monoisotopic (exact) mass is 300 g/mol. The van der Waals surface area contributed by atoms with E-state index in [-0.39, 0.29) is 6.03 Å². The summed E-state index contributed by atoms with van der Waals surface area (Å²) in [6.45, 7) is 2.14. The maximum atomic E-state index is 12.1. The smallest absolute Gasteiger partial charge is 0.317 e. The van der Waals surface area contributed by atoms with E-state index in [1.54, 1.807) is 18.9 Å². The second-order valence-electron chi connectivity index (χ2n) is 5.43. The van der Waals surface area contributed by atoms with E-state index in [0.717, 1.165) is 38.0 Å². The average molecular weight is 300 g/mol. The standard InChI is InChI=1S/C15H20N6O/c22-15(17-8-4-13-3-1-2-7-16-13)20-9-5-14(6-10-20)21-11-18-19-12-21/h1-3,7,11-12,14H,4-6,8-10H2,(H,17,22). The molecule has 1 fully saturated rings. The summed E-state index contributed by atoms with van der Waals surface area (Å²) >= 11 is 0. The van der Waals surface area contributed by atoms with Gasteiger partial charge in [0.1, 0.15) is 12.7 Å². The Hall–Kier alpha value is -2.44. The lowest BCUT2D eigenvalue weighted by molar-refractivity contribution is 0.171. The third kappa shape index (κ3) is 3.60. The van der Waals surface area contributed by atoms with Crippen LogP contribution in [-0.2, 0) is 6.42 Å². The predicted molar refractivity (Wildman–Crippen MR) is 81.2 cm³/mol. The Bertz CT molecular complexity index is 577. The molecule has 0 aliphatic carbocycles. The molecule has 0 saturated carbocycles. The number of carbonyl (C=O) groups excluding carboxylic acids is 1. The zero-order valence-electron chi connectivity index (χ0n) is 12.4. The number of piperidine rings is 1. The number of hydrogen-bond acceptors (Lipinski definition) is 4. The Kier molecular flexibility index (Phi) is 4.62. The van der Waals surface area contributed by atoms with Gasteiger partial charge in [-0.25, -0.2) is 4.79 Å². The van der Waals surface area contributed by atoms with Crippen LogP contribution < -0.4 is 5.32 Å². The van der Waals surface area contributed by atoms with Gasteiger partial charge in [0.05, 0.1) is 0 Å². The number of urea groups is 1. The molecule has 0 atom stereocenters. The molecular formula is C15H20N6O. The first-order valence-electron chi connectivity index (χ1n) is 7.60. The molecule has 7 heteroatoms. The van der Waals surface area contributed by atoms with E-state index < -0.39 is 0 Å². The molecule has 22 heavy (non-hydrogen) atoms. The van der Waals surface area contributed by atoms with Gasteiger partial charge in [-0.1, -0.05) is 6.07 Å². The fourth-order valence-corrected chi connectivity index (χ4v) is 2.72. The highest BCUT2D eigenvalue weighted by Crippen LogP contribution is 2.21. The molecule has 1 N–H and O–H groups in total. The van der Waals surface area contributed by atoms with E-state index in [2.05, 4.69) is 20.5 Å². The van der Waals surface area contributed by atoms with Gasteiger partial charge in [0.15, 0.2) is 0 Å². The van der Waals surface area contributed by atoms with Gasteiger partial charge in [-0.05, 0) is 25.0 Å². The minimum atomic E-state index is 0.0122. The van der Waals surface area contributed by atoms with Gasteiger partial charge in [-0.3, -0.25) is 4.98 Å². The molecule has 0 spiro atoms. The largest absolute Gasteiger partial charge is 0.338 e. The van der Waals surface area contributed by atoms with Crippen LogP contribution in [0.1, 0.15) is 24.6 Å². The summed E-state index contributed by atoms with van der Waals surface area (Å²) in [4.78, 5) is 18.3. The maximum absolute atomic E-state index is 12.1. The lowest BCUT2D eigenvalue weighted by atomic mass is 10.1. The van der Waals surface area contributed by atoms with E-state index in [0.29, 0.717) is 12.6 Å². The van der Waals surface area contributed by atoms with E-state index in [1.165, 1.54) is 0 Å². The van der Waals surface area contributed by atoms with Crippen LogP contribution in [0.5, 0.6) is 0 Å². The Balaban J connectivity index is 1.40. The first-order valence-corrected chi connectivity index (χ1v) is 7.60. The molecule has 3 heterocycles. The highest BCUT2D eigenvalue weighted by molar-refractivity contribution is 5.74. The van der Waals surface area contributed by atoms with Gasteiger partial charge in [-0.2, -0.15) is 0 Å². The highest BCUT2D eigenvalue weighted by Gasteiger charge is 2.23. The van der Waals surface area contributed by atoms with E-state index >= 15 is 0 Å². The first kappa shape index (κ1) is 14.5. The molecule has 2 amide bonds. The molecule has 0 aromatic carbocycles. The molecule has 0 radical (unpaired) electrons. The molecule has 2 aromatic heterocycles. The minimum Gasteiger partial charge on any atom is -0.338 e. The number of amides is 2. The zero-order valence-corrected chi connectivity index (χ0v) is 12.4. The first-order chi connectivity index (χ1) is 10.8. The van der Waals surface area contributed by atoms with Crippen molar-refractivity contribution in [1.82, 2.24) is 30.0 Å². The van der Waals surface area contributed by atoms with Gasteiger partial charge >= 0.3 is 6.03 Å². The summed E-state index contributed by atoms with van der Waals surface area (Å²) in [6, 6.07) is 6.23. The van der Waals surface area contributed by atoms with Crippen LogP contribution in [0.3, 0.4) is 0 Å². The van der Waals surface area contributed by atoms with Gasteiger partial charge in [-0.15, -0.1) is 10.2 Å². The number of pyridine rings is 1. The second-order valence-corrected chi connectivity index (χ2v) is 5.43. The van der Waals surface area contributed by atoms with Crippen molar-refractivity contribution in [2.45, 2.75) is 25.3 Å². The molecule has 7 nitrogen and oxygen atoms in total. The third-order valence-corrected chi connectivity index (χ3v) is 3.99. The van der Waals surface area contributed by atoms with Gasteiger partial charge < -0.3 is 14.8 Å². The van der Waals surface area contributed by atoms with Crippen molar-refractivity contribution in [3.8, 4) is 0 Å². The topological polar surface area (TPSA) is 75.9 Å². The quantitative estimate of drug-likeness (QED) is 0.922. The van der Waals surface area contributed by atoms with E-state index in [1.807, 2.05) is 27.7 Å². The van der Waals surface area contributed by atoms with Crippen LogP contribution >= 0.6 is 0 Å². The van der Waals surface area contributed by atoms with Crippen LogP contribution in [-0.4, -0.2) is 50.3 Å². The van der Waals surface area contributed by atoms with Gasteiger partial charge in [0.2, 0.25) is 0 Å². The minimum absolute atomic E-state index is 0.0122. The molecule has 1 aliphatic rings. The van der Waals surface area contributed by atoms with Gasteiger partial charge in [0.25, 0.3) is 0 Å². The normalized spacial score (nSPS) is 15.7. The number of carbonyl (C=O) groups is 1. The van der Waals surface area contributed by atoms with Crippen molar-refractivity contribution >= 4 is 6.03 Å². The Morgan fingerprint density at radius 3 is 2.68 bits per heavy atom. The molecule has 0 bridgehead atoms. The van der Waals surface area contributed by atoms with Crippen molar-refractivity contribution in [1.29, 1.82) is 0 Å². The number of nitrogens with one attached hydrogen (secondary N) is 1. The molecular weight excluding hydrogens is 280 g/mol. The van der Waals surface area contributed by atoms with Crippen LogP contribution in [0.25, 0.3) is 0 Å². The third-order valence-electron chi connectivity index (χ3n) is 3.99. The van der Waals surface area contributed by atoms with E-state index in [9.17, 15) is 4.79 Å². The number of hydrogen-bond donors (Lipinski definition) is 1. The maximum Gasteiger partial charge on any atom is 0.317 e. The lowest BCUT2D eigenvalue weighted by Gasteiger charge is -2.32. The van der Waals surface area contributed by atoms with Crippen molar-refractivity contribution < 1.29 is 4.79 Å². The Morgan fingerprint density at radius 1 is 1.23 bits per heavy atom. The predicted octanol–water partition coefficient (Wildman–Crippen LogP) is 1.26. The Morgan fingerprint density at radius 2 is 2.00 bits per heavy atom. The SMILES string of the molecule is O=C(NCCc1ccccn1)N1CCC(n2cnnc2)CC1. The summed E-state index contributed by atoms with van der Waals surface area (Å²) < 4.78 is 2.02. The van der Waals surface area contributed by atoms with Crippen LogP contribution in [0.4, 0.5) is 4.79 Å². The average Bonchev–Trinajstić information content (AvgIpc) is 3.10. The summed E-state index contributed by atoms with van der Waals surface area (Å²) in [5.74, 6) is 0. The van der Waals surface area contributed by atoms with Crippen molar-refractivity contribution in [2.24, 2.45) is 0 Å². The number of aromatic nitrogens is 4. The van der Waals surface area contributed by atoms with E-state index in [4.69, 9.17) is 0 Å². The molecule has 1 aliphatic heterocycles. The molecule has 2 aromatic rings. The molecule has 116 valence electrons. The number of rotatable bonds is 4. The van der Waals surface area contributed by atoms with Crippen LogP contribution in [0, 0.1) is 0 Å². The number of nitrogens with zero attached hydrogens (tertiary/aromatic N) is 5. The van der Waals surface area contributed by atoms with Crippen molar-refractivity contribution in [3.05, 3.63) is 42.7 Å². The molecule has 0 unspecified atom stereocenters. The Labute approximate surface area is 129 Å². The summed E-state index contributed by atoms with van der Waals surface area (Å²) in [5.41, 5.74) is 0.995. The number of likely N-dealkylation sites (tertiary alicyclic amines) is 1. The molecule has 1 saturated heterocycles. The lowest BCUT2D eigenvalue weighted by Crippen LogP contribution is -2.45. The highest BCUT2D eigenvalue weighted by atomic mass is 16.2. The van der Waals surface area contributed by atoms with Crippen molar-refractivity contribution in [2.75, 3.05) is 19.6 Å². The zero-order chi connectivity index (χ0) is 15.2. The van der Waals surface area contributed by atoms with Crippen molar-refractivity contribution in [3.63, 3.8) is 0 Å². The summed E-state index contributed by atoms with van der Waals surface area (Å²) in [5, 5.41) is 10.6. The fourth-order valence-electron chi connectivity index (χ4n) is 2.72. The summed E-state index contributed by atoms with van der Waals surface area (Å²) in [6.07, 6.45) is 7.88. The van der Waals surface area contributed by atoms with Crippen LogP contribution in [0.15, 0.2) is 37.1 Å². The molecule has 3 rings (SSSR count). The van der Waals surface area contributed by atoms with Crippen LogP contribution in [0.2, 0.25) is 0 Å². The second kappa shape index (κ2) is 7.02.